The van der Waals surface area contributed by atoms with Gasteiger partial charge < -0.3 is 29.5 Å². The van der Waals surface area contributed by atoms with Crippen LogP contribution in [-0.4, -0.2) is 33.2 Å². The summed E-state index contributed by atoms with van der Waals surface area (Å²) in [5.74, 6) is 0.500. The van der Waals surface area contributed by atoms with E-state index in [-0.39, 0.29) is 100 Å². The molecule has 9 heteroatoms. The summed E-state index contributed by atoms with van der Waals surface area (Å²) in [7, 11) is 0. The van der Waals surface area contributed by atoms with Crippen LogP contribution in [-0.2, 0) is 63.1 Å². The molecule has 0 saturated carbocycles. The SMILES string of the molecule is CC(CC(=O)Oc1c(C(C)(C)C)cc(C(C)CC(c2cc(C(C)(C)C)c(OC(=O)CC(C)c3ccc(O)c(C(C)(C)C)c3)c(C(C)(C)C)c2)c2cc(C(C)(C)C)c(OC(=O)CC(C)c3ccc(O)c(C(C)(C)C)c3)c(C(C)(C)C)c2)cc1C(C)(C)C)c1ccc(O)c(C(C)(C)C)c1. The molecule has 3 N–H and O–H groups in total. The monoisotopic (exact) mass is 1320 g/mol. The quantitative estimate of drug-likeness (QED) is 0.0601. The minimum atomic E-state index is -0.504. The van der Waals surface area contributed by atoms with Crippen molar-refractivity contribution < 1.29 is 43.9 Å². The Labute approximate surface area is 586 Å². The predicted molar refractivity (Wildman–Crippen MR) is 403 cm³/mol. The number of ether oxygens (including phenoxy) is 3. The maximum atomic E-state index is 14.7. The van der Waals surface area contributed by atoms with Gasteiger partial charge in [0.1, 0.15) is 34.5 Å². The van der Waals surface area contributed by atoms with E-state index < -0.39 is 32.5 Å². The highest BCUT2D eigenvalue weighted by molar-refractivity contribution is 5.77. The molecule has 0 radical (unpaired) electrons. The van der Waals surface area contributed by atoms with Crippen molar-refractivity contribution in [2.75, 3.05) is 0 Å². The second kappa shape index (κ2) is 28.4. The zero-order chi connectivity index (χ0) is 73.8. The molecule has 0 aliphatic heterocycles. The topological polar surface area (TPSA) is 140 Å². The third-order valence-corrected chi connectivity index (χ3v) is 19.4. The molecule has 0 bridgehead atoms. The van der Waals surface area contributed by atoms with E-state index in [2.05, 4.69) is 230 Å². The molecule has 4 unspecified atom stereocenters. The van der Waals surface area contributed by atoms with E-state index in [4.69, 9.17) is 14.2 Å². The Morgan fingerprint density at radius 2 is 0.464 bits per heavy atom. The third-order valence-electron chi connectivity index (χ3n) is 19.4. The molecule has 530 valence electrons. The van der Waals surface area contributed by atoms with E-state index >= 15 is 0 Å². The fourth-order valence-electron chi connectivity index (χ4n) is 13.2. The summed E-state index contributed by atoms with van der Waals surface area (Å²) in [5.41, 5.74) is 10.3. The Kier molecular flexibility index (Phi) is 23.2. The molecule has 0 saturated heterocycles. The first-order valence-corrected chi connectivity index (χ1v) is 35.6. The van der Waals surface area contributed by atoms with Gasteiger partial charge in [-0.2, -0.15) is 0 Å². The molecule has 0 heterocycles. The first-order valence-electron chi connectivity index (χ1n) is 35.6. The van der Waals surface area contributed by atoms with Gasteiger partial charge in [0, 0.05) is 39.3 Å². The van der Waals surface area contributed by atoms with Crippen molar-refractivity contribution in [3.8, 4) is 34.5 Å². The lowest BCUT2D eigenvalue weighted by atomic mass is 9.71. The van der Waals surface area contributed by atoms with Gasteiger partial charge in [-0.15, -0.1) is 0 Å². The molecule has 6 aromatic carbocycles. The predicted octanol–water partition coefficient (Wildman–Crippen LogP) is 23.1. The van der Waals surface area contributed by atoms with Gasteiger partial charge >= 0.3 is 17.9 Å². The van der Waals surface area contributed by atoms with Crippen molar-refractivity contribution in [2.24, 2.45) is 0 Å². The van der Waals surface area contributed by atoms with Crippen LogP contribution in [0.25, 0.3) is 0 Å². The summed E-state index contributed by atoms with van der Waals surface area (Å²) in [6.07, 6.45) is 1.03. The van der Waals surface area contributed by atoms with E-state index in [1.165, 1.54) is 0 Å². The summed E-state index contributed by atoms with van der Waals surface area (Å²) in [4.78, 5) is 43.9. The molecule has 0 aromatic heterocycles. The van der Waals surface area contributed by atoms with E-state index in [1.807, 2.05) is 57.2 Å². The van der Waals surface area contributed by atoms with Crippen molar-refractivity contribution in [1.29, 1.82) is 0 Å². The zero-order valence-corrected chi connectivity index (χ0v) is 65.7. The maximum Gasteiger partial charge on any atom is 0.311 e. The van der Waals surface area contributed by atoms with Crippen LogP contribution in [0.5, 0.6) is 34.5 Å². The molecule has 0 aliphatic rings. The molecule has 0 aliphatic carbocycles. The van der Waals surface area contributed by atoms with Crippen LogP contribution < -0.4 is 14.2 Å². The third kappa shape index (κ3) is 19.5. The fraction of sp³-hybridized carbons (Fsp3) is 0.557. The lowest BCUT2D eigenvalue weighted by Gasteiger charge is -2.35. The molecule has 97 heavy (non-hydrogen) atoms. The molecule has 4 atom stereocenters. The number of hydrogen-bond acceptors (Lipinski definition) is 9. The number of benzene rings is 6. The maximum absolute atomic E-state index is 14.7. The smallest absolute Gasteiger partial charge is 0.311 e. The van der Waals surface area contributed by atoms with Gasteiger partial charge in [0.15, 0.2) is 0 Å². The first-order chi connectivity index (χ1) is 43.9. The summed E-state index contributed by atoms with van der Waals surface area (Å²) >= 11 is 0. The van der Waals surface area contributed by atoms with Crippen LogP contribution in [0.3, 0.4) is 0 Å². The highest BCUT2D eigenvalue weighted by atomic mass is 16.5. The Balaban J connectivity index is 1.59. The normalized spacial score (nSPS) is 14.8. The Morgan fingerprint density at radius 3 is 0.660 bits per heavy atom. The highest BCUT2D eigenvalue weighted by Gasteiger charge is 2.38. The van der Waals surface area contributed by atoms with E-state index in [0.29, 0.717) is 23.7 Å². The number of phenolic OH excluding ortho intramolecular Hbond substituents is 3. The number of phenols is 3. The van der Waals surface area contributed by atoms with Crippen LogP contribution >= 0.6 is 0 Å². The number of esters is 3. The minimum Gasteiger partial charge on any atom is -0.508 e. The number of carbonyl (C=O) groups is 3. The fourth-order valence-corrected chi connectivity index (χ4v) is 13.2. The van der Waals surface area contributed by atoms with Gasteiger partial charge in [-0.3, -0.25) is 14.4 Å². The Hall–Kier alpha value is -6.87. The number of carbonyl (C=O) groups excluding carboxylic acids is 3. The summed E-state index contributed by atoms with van der Waals surface area (Å²) in [6, 6.07) is 30.6. The summed E-state index contributed by atoms with van der Waals surface area (Å²) in [6.45, 7) is 66.3. The van der Waals surface area contributed by atoms with Crippen LogP contribution in [0.2, 0.25) is 0 Å². The van der Waals surface area contributed by atoms with Gasteiger partial charge in [0.25, 0.3) is 0 Å². The second-order valence-corrected chi connectivity index (χ2v) is 37.8. The van der Waals surface area contributed by atoms with Crippen LogP contribution in [0, 0.1) is 0 Å². The average molecular weight is 1330 g/mol. The van der Waals surface area contributed by atoms with Crippen molar-refractivity contribution in [2.45, 2.75) is 319 Å². The number of hydrogen-bond donors (Lipinski definition) is 3. The van der Waals surface area contributed by atoms with Crippen molar-refractivity contribution in [3.05, 3.63) is 174 Å². The zero-order valence-electron chi connectivity index (χ0n) is 65.7. The molecule has 0 fully saturated rings. The first kappa shape index (κ1) is 79.1. The van der Waals surface area contributed by atoms with Gasteiger partial charge in [-0.1, -0.05) is 287 Å². The summed E-state index contributed by atoms with van der Waals surface area (Å²) in [5, 5.41) is 32.6. The van der Waals surface area contributed by atoms with E-state index in [1.54, 1.807) is 18.2 Å². The standard InChI is InChI=1S/C88H124O9/c1-51(58-45-65(83(14,15)16)77(66(46-58)84(17,18)19)95-74(92)39-52(2)55-32-35-71(89)62(42-55)80(5,6)7)38-61(59-47-67(85(20,21)22)78(68(48-59)86(23,24)25)96-75(93)40-53(3)56-33-36-72(90)63(43-56)81(8,9)10)60-49-69(87(26,27)28)79(70(50-60)88(29,30)31)97-76(94)41-54(4)57-34-37-73(91)64(44-57)82(11,12)13/h32-37,42-54,61,89-91H,38-41H2,1-31H3. The number of rotatable bonds is 17. The Morgan fingerprint density at radius 1 is 0.278 bits per heavy atom. The lowest BCUT2D eigenvalue weighted by Crippen LogP contribution is -2.25. The average Bonchev–Trinajstić information content (AvgIpc) is 0.753. The van der Waals surface area contributed by atoms with Gasteiger partial charge in [-0.25, -0.2) is 0 Å². The van der Waals surface area contributed by atoms with Crippen LogP contribution in [0.1, 0.15) is 353 Å². The molecular weight excluding hydrogens is 1200 g/mol. The molecular formula is C88H124O9. The Bertz CT molecular complexity index is 3570. The lowest BCUT2D eigenvalue weighted by molar-refractivity contribution is -0.135. The van der Waals surface area contributed by atoms with Crippen LogP contribution in [0.4, 0.5) is 0 Å². The van der Waals surface area contributed by atoms with E-state index in [9.17, 15) is 29.7 Å². The molecule has 9 nitrogen and oxygen atoms in total. The molecule has 6 rings (SSSR count). The van der Waals surface area contributed by atoms with Crippen molar-refractivity contribution in [1.82, 2.24) is 0 Å². The highest BCUT2D eigenvalue weighted by Crippen LogP contribution is 2.51. The van der Waals surface area contributed by atoms with Crippen molar-refractivity contribution in [3.63, 3.8) is 0 Å². The molecule has 0 spiro atoms. The van der Waals surface area contributed by atoms with Crippen LogP contribution in [0.15, 0.2) is 91.0 Å². The van der Waals surface area contributed by atoms with E-state index in [0.717, 1.165) is 83.5 Å². The summed E-state index contributed by atoms with van der Waals surface area (Å²) < 4.78 is 20.3. The van der Waals surface area contributed by atoms with Gasteiger partial charge in [0.05, 0.1) is 19.3 Å². The molecule has 6 aromatic rings. The largest absolute Gasteiger partial charge is 0.508 e. The molecule has 0 amide bonds. The number of aromatic hydroxyl groups is 3. The minimum absolute atomic E-state index is 0.0915. The van der Waals surface area contributed by atoms with Crippen molar-refractivity contribution >= 4 is 17.9 Å². The second-order valence-electron chi connectivity index (χ2n) is 37.8. The van der Waals surface area contributed by atoms with Gasteiger partial charge in [-0.05, 0) is 147 Å². The van der Waals surface area contributed by atoms with Gasteiger partial charge in [0.2, 0.25) is 0 Å².